The first-order chi connectivity index (χ1) is 14.5. The summed E-state index contributed by atoms with van der Waals surface area (Å²) in [6, 6.07) is 16.4. The van der Waals surface area contributed by atoms with Crippen LogP contribution in [0.2, 0.25) is 10.0 Å². The molecule has 0 fully saturated rings. The maximum atomic E-state index is 12.6. The number of anilines is 2. The van der Waals surface area contributed by atoms with Gasteiger partial charge < -0.3 is 20.1 Å². The Kier molecular flexibility index (Phi) is 5.79. The minimum atomic E-state index is -0.382. The standard InChI is InChI=1S/C22H16Cl2N2O4/c23-14-5-6-17(18(24)11-14)22(28)26-16-3-1-2-15(12-16)25-21(27)13-4-7-19-20(10-13)30-9-8-29-19/h1-7,10-12H,8-9H2,(H,25,27)(H,26,28). The molecule has 3 aromatic rings. The minimum absolute atomic E-state index is 0.253. The van der Waals surface area contributed by atoms with E-state index in [-0.39, 0.29) is 16.8 Å². The lowest BCUT2D eigenvalue weighted by Crippen LogP contribution is -2.17. The molecule has 0 bridgehead atoms. The van der Waals surface area contributed by atoms with Gasteiger partial charge in [-0.25, -0.2) is 0 Å². The molecule has 8 heteroatoms. The van der Waals surface area contributed by atoms with Gasteiger partial charge in [-0.2, -0.15) is 0 Å². The molecular formula is C22H16Cl2N2O4. The number of carbonyl (C=O) groups excluding carboxylic acids is 2. The second-order valence-electron chi connectivity index (χ2n) is 6.47. The van der Waals surface area contributed by atoms with Crippen molar-refractivity contribution in [2.75, 3.05) is 23.8 Å². The normalized spacial score (nSPS) is 12.2. The molecule has 0 atom stereocenters. The van der Waals surface area contributed by atoms with Crippen LogP contribution < -0.4 is 20.1 Å². The van der Waals surface area contributed by atoms with Crippen LogP contribution in [0.4, 0.5) is 11.4 Å². The van der Waals surface area contributed by atoms with Gasteiger partial charge in [0.05, 0.1) is 10.6 Å². The van der Waals surface area contributed by atoms with E-state index in [1.165, 1.54) is 6.07 Å². The summed E-state index contributed by atoms with van der Waals surface area (Å²) in [5.41, 5.74) is 1.76. The number of hydrogen-bond acceptors (Lipinski definition) is 4. The summed E-state index contributed by atoms with van der Waals surface area (Å²) in [6.45, 7) is 0.926. The van der Waals surface area contributed by atoms with Crippen LogP contribution in [0.5, 0.6) is 11.5 Å². The van der Waals surface area contributed by atoms with Gasteiger partial charge in [0.15, 0.2) is 11.5 Å². The van der Waals surface area contributed by atoms with Gasteiger partial charge in [-0.05, 0) is 54.6 Å². The second kappa shape index (κ2) is 8.65. The number of nitrogens with one attached hydrogen (secondary N) is 2. The number of fused-ring (bicyclic) bond motifs is 1. The molecule has 0 radical (unpaired) electrons. The van der Waals surface area contributed by atoms with Crippen LogP contribution >= 0.6 is 23.2 Å². The molecule has 3 aromatic carbocycles. The van der Waals surface area contributed by atoms with Crippen LogP contribution in [0.3, 0.4) is 0 Å². The van der Waals surface area contributed by atoms with Crippen LogP contribution in [0.1, 0.15) is 20.7 Å². The predicted octanol–water partition coefficient (Wildman–Crippen LogP) is 5.27. The quantitative estimate of drug-likeness (QED) is 0.576. The molecule has 0 unspecified atom stereocenters. The smallest absolute Gasteiger partial charge is 0.257 e. The summed E-state index contributed by atoms with van der Waals surface area (Å²) in [5, 5.41) is 6.26. The molecule has 0 saturated carbocycles. The fraction of sp³-hybridized carbons (Fsp3) is 0.0909. The fourth-order valence-electron chi connectivity index (χ4n) is 2.93. The predicted molar refractivity (Wildman–Crippen MR) is 116 cm³/mol. The topological polar surface area (TPSA) is 76.7 Å². The van der Waals surface area contributed by atoms with Gasteiger partial charge in [-0.3, -0.25) is 9.59 Å². The molecule has 0 aromatic heterocycles. The van der Waals surface area contributed by atoms with Crippen molar-refractivity contribution < 1.29 is 19.1 Å². The minimum Gasteiger partial charge on any atom is -0.486 e. The zero-order valence-electron chi connectivity index (χ0n) is 15.6. The molecule has 2 N–H and O–H groups in total. The molecule has 30 heavy (non-hydrogen) atoms. The first-order valence-corrected chi connectivity index (χ1v) is 9.83. The van der Waals surface area contributed by atoms with Crippen LogP contribution in [0.15, 0.2) is 60.7 Å². The summed E-state index contributed by atoms with van der Waals surface area (Å²) < 4.78 is 11.0. The lowest BCUT2D eigenvalue weighted by molar-refractivity contribution is 0.101. The van der Waals surface area contributed by atoms with Crippen molar-refractivity contribution in [2.24, 2.45) is 0 Å². The van der Waals surface area contributed by atoms with E-state index in [9.17, 15) is 9.59 Å². The van der Waals surface area contributed by atoms with Crippen molar-refractivity contribution in [3.05, 3.63) is 81.8 Å². The SMILES string of the molecule is O=C(Nc1cccc(NC(=O)c2ccc(Cl)cc2Cl)c1)c1ccc2c(c1)OCCO2. The summed E-state index contributed by atoms with van der Waals surface area (Å²) >= 11 is 12.0. The Morgan fingerprint density at radius 3 is 2.20 bits per heavy atom. The highest BCUT2D eigenvalue weighted by Gasteiger charge is 2.16. The van der Waals surface area contributed by atoms with Gasteiger partial charge >= 0.3 is 0 Å². The van der Waals surface area contributed by atoms with Gasteiger partial charge in [-0.1, -0.05) is 29.3 Å². The lowest BCUT2D eigenvalue weighted by Gasteiger charge is -2.18. The van der Waals surface area contributed by atoms with E-state index < -0.39 is 0 Å². The summed E-state index contributed by atoms with van der Waals surface area (Å²) in [6.07, 6.45) is 0. The number of amides is 2. The van der Waals surface area contributed by atoms with Gasteiger partial charge in [-0.15, -0.1) is 0 Å². The highest BCUT2D eigenvalue weighted by molar-refractivity contribution is 6.37. The van der Waals surface area contributed by atoms with Crippen molar-refractivity contribution in [3.63, 3.8) is 0 Å². The number of rotatable bonds is 4. The molecular weight excluding hydrogens is 427 g/mol. The van der Waals surface area contributed by atoms with Crippen molar-refractivity contribution in [3.8, 4) is 11.5 Å². The zero-order valence-corrected chi connectivity index (χ0v) is 17.1. The first-order valence-electron chi connectivity index (χ1n) is 9.07. The van der Waals surface area contributed by atoms with Crippen LogP contribution in [0, 0.1) is 0 Å². The third kappa shape index (κ3) is 4.50. The number of benzene rings is 3. The molecule has 6 nitrogen and oxygen atoms in total. The molecule has 2 amide bonds. The van der Waals surface area contributed by atoms with Crippen LogP contribution in [-0.2, 0) is 0 Å². The maximum Gasteiger partial charge on any atom is 0.257 e. The zero-order chi connectivity index (χ0) is 21.1. The third-order valence-corrected chi connectivity index (χ3v) is 4.91. The second-order valence-corrected chi connectivity index (χ2v) is 7.32. The molecule has 1 aliphatic heterocycles. The van der Waals surface area contributed by atoms with Crippen molar-refractivity contribution in [1.29, 1.82) is 0 Å². The Morgan fingerprint density at radius 1 is 0.767 bits per heavy atom. The fourth-order valence-corrected chi connectivity index (χ4v) is 3.43. The molecule has 1 aliphatic rings. The van der Waals surface area contributed by atoms with Crippen LogP contribution in [0.25, 0.3) is 0 Å². The van der Waals surface area contributed by atoms with E-state index >= 15 is 0 Å². The van der Waals surface area contributed by atoms with E-state index in [0.717, 1.165) is 0 Å². The number of hydrogen-bond donors (Lipinski definition) is 2. The average molecular weight is 443 g/mol. The van der Waals surface area contributed by atoms with E-state index in [1.54, 1.807) is 54.6 Å². The Labute approximate surface area is 182 Å². The third-order valence-electron chi connectivity index (χ3n) is 4.36. The Balaban J connectivity index is 1.47. The number of ether oxygens (including phenoxy) is 2. The van der Waals surface area contributed by atoms with E-state index in [2.05, 4.69) is 10.6 Å². The van der Waals surface area contributed by atoms with Crippen molar-refractivity contribution >= 4 is 46.4 Å². The molecule has 0 aliphatic carbocycles. The van der Waals surface area contributed by atoms with Crippen molar-refractivity contribution in [2.45, 2.75) is 0 Å². The Bertz CT molecular complexity index is 1130. The van der Waals surface area contributed by atoms with E-state index in [4.69, 9.17) is 32.7 Å². The van der Waals surface area contributed by atoms with Gasteiger partial charge in [0.2, 0.25) is 0 Å². The van der Waals surface area contributed by atoms with E-state index in [0.29, 0.717) is 52.2 Å². The monoisotopic (exact) mass is 442 g/mol. The highest BCUT2D eigenvalue weighted by Crippen LogP contribution is 2.31. The number of halogens is 2. The van der Waals surface area contributed by atoms with Gasteiger partial charge in [0, 0.05) is 22.0 Å². The molecule has 4 rings (SSSR count). The molecule has 152 valence electrons. The van der Waals surface area contributed by atoms with Gasteiger partial charge in [0.1, 0.15) is 13.2 Å². The summed E-state index contributed by atoms with van der Waals surface area (Å²) in [7, 11) is 0. The molecule has 0 saturated heterocycles. The van der Waals surface area contributed by atoms with E-state index in [1.807, 2.05) is 0 Å². The maximum absolute atomic E-state index is 12.6. The molecule has 0 spiro atoms. The van der Waals surface area contributed by atoms with Crippen molar-refractivity contribution in [1.82, 2.24) is 0 Å². The lowest BCUT2D eigenvalue weighted by atomic mass is 10.1. The first kappa shape index (κ1) is 20.1. The molecule has 1 heterocycles. The average Bonchev–Trinajstić information content (AvgIpc) is 2.73. The Morgan fingerprint density at radius 2 is 1.47 bits per heavy atom. The summed E-state index contributed by atoms with van der Waals surface area (Å²) in [5.74, 6) is 0.460. The number of carbonyl (C=O) groups is 2. The van der Waals surface area contributed by atoms with Gasteiger partial charge in [0.25, 0.3) is 11.8 Å². The Hall–Kier alpha value is -3.22. The largest absolute Gasteiger partial charge is 0.486 e. The highest BCUT2D eigenvalue weighted by atomic mass is 35.5. The van der Waals surface area contributed by atoms with Crippen LogP contribution in [-0.4, -0.2) is 25.0 Å². The summed E-state index contributed by atoms with van der Waals surface area (Å²) in [4.78, 5) is 25.1.